The first kappa shape index (κ1) is 17.5. The van der Waals surface area contributed by atoms with Crippen LogP contribution in [0, 0.1) is 5.92 Å². The van der Waals surface area contributed by atoms with E-state index < -0.39 is 0 Å². The molecule has 0 bridgehead atoms. The largest absolute Gasteiger partial charge is 0.496 e. The van der Waals surface area contributed by atoms with Gasteiger partial charge in [-0.2, -0.15) is 0 Å². The highest BCUT2D eigenvalue weighted by molar-refractivity contribution is 5.75. The molecule has 0 saturated heterocycles. The molecule has 0 heterocycles. The zero-order valence-electron chi connectivity index (χ0n) is 13.7. The summed E-state index contributed by atoms with van der Waals surface area (Å²) in [7, 11) is 3.10. The second-order valence-electron chi connectivity index (χ2n) is 5.57. The summed E-state index contributed by atoms with van der Waals surface area (Å²) in [5.41, 5.74) is 1.07. The summed E-state index contributed by atoms with van der Waals surface area (Å²) < 4.78 is 10.3. The maximum atomic E-state index is 12.0. The second-order valence-corrected chi connectivity index (χ2v) is 5.57. The summed E-state index contributed by atoms with van der Waals surface area (Å²) in [4.78, 5) is 12.0. The van der Waals surface area contributed by atoms with Crippen molar-refractivity contribution in [3.05, 3.63) is 29.8 Å². The lowest BCUT2D eigenvalue weighted by molar-refractivity contribution is -0.143. The lowest BCUT2D eigenvalue weighted by Gasteiger charge is -2.26. The number of nitrogens with one attached hydrogen (secondary N) is 1. The minimum Gasteiger partial charge on any atom is -0.496 e. The molecule has 118 valence electrons. The molecule has 0 fully saturated rings. The molecule has 0 aliphatic rings. The Labute approximate surface area is 127 Å². The topological polar surface area (TPSA) is 47.6 Å². The van der Waals surface area contributed by atoms with Crippen molar-refractivity contribution in [1.29, 1.82) is 0 Å². The monoisotopic (exact) mass is 293 g/mol. The number of para-hydroxylation sites is 1. The number of hydrogen-bond donors (Lipinski definition) is 1. The predicted octanol–water partition coefficient (Wildman–Crippen LogP) is 3.32. The van der Waals surface area contributed by atoms with Gasteiger partial charge in [0.15, 0.2) is 0 Å². The second kappa shape index (κ2) is 8.67. The van der Waals surface area contributed by atoms with E-state index in [-0.39, 0.29) is 18.1 Å². The van der Waals surface area contributed by atoms with Gasteiger partial charge in [0.2, 0.25) is 0 Å². The number of carbonyl (C=O) groups is 1. The van der Waals surface area contributed by atoms with E-state index in [1.165, 1.54) is 7.11 Å². The van der Waals surface area contributed by atoms with E-state index >= 15 is 0 Å². The Morgan fingerprint density at radius 3 is 2.43 bits per heavy atom. The van der Waals surface area contributed by atoms with E-state index in [9.17, 15) is 4.79 Å². The molecule has 4 heteroatoms. The average molecular weight is 293 g/mol. The summed E-state index contributed by atoms with van der Waals surface area (Å²) in [6.45, 7) is 6.29. The van der Waals surface area contributed by atoms with Crippen LogP contribution in [0.2, 0.25) is 0 Å². The minimum atomic E-state index is -0.301. The summed E-state index contributed by atoms with van der Waals surface area (Å²) in [5.74, 6) is 1.04. The molecule has 0 amide bonds. The van der Waals surface area contributed by atoms with Crippen molar-refractivity contribution >= 4 is 5.97 Å². The summed E-state index contributed by atoms with van der Waals surface area (Å²) >= 11 is 0. The number of hydrogen-bond acceptors (Lipinski definition) is 4. The van der Waals surface area contributed by atoms with Gasteiger partial charge < -0.3 is 9.47 Å². The van der Waals surface area contributed by atoms with Crippen molar-refractivity contribution in [2.75, 3.05) is 14.2 Å². The molecule has 1 aromatic rings. The summed E-state index contributed by atoms with van der Waals surface area (Å²) in [6.07, 6.45) is 1.62. The fourth-order valence-corrected chi connectivity index (χ4v) is 2.47. The fourth-order valence-electron chi connectivity index (χ4n) is 2.47. The molecule has 0 saturated carbocycles. The van der Waals surface area contributed by atoms with Gasteiger partial charge in [-0.15, -0.1) is 0 Å². The highest BCUT2D eigenvalue weighted by Gasteiger charge is 2.25. The van der Waals surface area contributed by atoms with Crippen molar-refractivity contribution < 1.29 is 14.3 Å². The maximum absolute atomic E-state index is 12.0. The third-order valence-electron chi connectivity index (χ3n) is 3.52. The molecule has 1 aromatic carbocycles. The predicted molar refractivity (Wildman–Crippen MR) is 84.4 cm³/mol. The highest BCUT2D eigenvalue weighted by atomic mass is 16.5. The molecule has 4 nitrogen and oxygen atoms in total. The van der Waals surface area contributed by atoms with Gasteiger partial charge in [-0.1, -0.05) is 39.0 Å². The van der Waals surface area contributed by atoms with E-state index in [1.807, 2.05) is 24.3 Å². The highest BCUT2D eigenvalue weighted by Crippen LogP contribution is 2.27. The van der Waals surface area contributed by atoms with Gasteiger partial charge in [0.1, 0.15) is 11.8 Å². The smallest absolute Gasteiger partial charge is 0.322 e. The van der Waals surface area contributed by atoms with Crippen molar-refractivity contribution in [3.8, 4) is 5.75 Å². The van der Waals surface area contributed by atoms with Gasteiger partial charge in [-0.05, 0) is 24.8 Å². The van der Waals surface area contributed by atoms with Crippen LogP contribution in [0.4, 0.5) is 0 Å². The minimum absolute atomic E-state index is 0.0593. The van der Waals surface area contributed by atoms with Crippen LogP contribution in [0.15, 0.2) is 24.3 Å². The Hall–Kier alpha value is -1.55. The Kier molecular flexibility index (Phi) is 7.23. The molecule has 0 spiro atoms. The van der Waals surface area contributed by atoms with Crippen LogP contribution in [0.1, 0.15) is 45.2 Å². The molecule has 2 unspecified atom stereocenters. The first-order valence-corrected chi connectivity index (χ1v) is 7.50. The van der Waals surface area contributed by atoms with Gasteiger partial charge in [-0.3, -0.25) is 10.1 Å². The van der Waals surface area contributed by atoms with Crippen molar-refractivity contribution in [3.63, 3.8) is 0 Å². The van der Waals surface area contributed by atoms with Crippen LogP contribution in [-0.2, 0) is 9.53 Å². The third kappa shape index (κ3) is 5.05. The molecule has 21 heavy (non-hydrogen) atoms. The third-order valence-corrected chi connectivity index (χ3v) is 3.52. The number of rotatable bonds is 8. The van der Waals surface area contributed by atoms with Crippen LogP contribution in [0.5, 0.6) is 5.75 Å². The van der Waals surface area contributed by atoms with Gasteiger partial charge in [0, 0.05) is 11.6 Å². The average Bonchev–Trinajstić information content (AvgIpc) is 2.50. The quantitative estimate of drug-likeness (QED) is 0.747. The van der Waals surface area contributed by atoms with Crippen molar-refractivity contribution in [2.45, 2.75) is 45.7 Å². The Bertz CT molecular complexity index is 445. The lowest BCUT2D eigenvalue weighted by atomic mass is 9.98. The Balaban J connectivity index is 2.94. The zero-order chi connectivity index (χ0) is 15.8. The first-order chi connectivity index (χ1) is 10.0. The Morgan fingerprint density at radius 2 is 1.90 bits per heavy atom. The number of carbonyl (C=O) groups excluding carboxylic acids is 1. The molecule has 0 aliphatic heterocycles. The van der Waals surface area contributed by atoms with Gasteiger partial charge >= 0.3 is 5.97 Å². The molecule has 0 aromatic heterocycles. The van der Waals surface area contributed by atoms with Crippen LogP contribution >= 0.6 is 0 Å². The number of ether oxygens (including phenoxy) is 2. The van der Waals surface area contributed by atoms with E-state index in [2.05, 4.69) is 26.1 Å². The lowest BCUT2D eigenvalue weighted by Crippen LogP contribution is -2.40. The normalized spacial score (nSPS) is 13.8. The SMILES string of the molecule is CCC(NC(CC(C)C)C(=O)OC)c1ccccc1OC. The van der Waals surface area contributed by atoms with E-state index in [1.54, 1.807) is 7.11 Å². The van der Waals surface area contributed by atoms with E-state index in [0.29, 0.717) is 5.92 Å². The first-order valence-electron chi connectivity index (χ1n) is 7.50. The summed E-state index contributed by atoms with van der Waals surface area (Å²) in [5, 5.41) is 3.42. The van der Waals surface area contributed by atoms with Crippen molar-refractivity contribution in [1.82, 2.24) is 5.32 Å². The maximum Gasteiger partial charge on any atom is 0.322 e. The molecule has 1 rings (SSSR count). The standard InChI is InChI=1S/C17H27NO3/c1-6-14(13-9-7-8-10-16(13)20-4)18-15(11-12(2)3)17(19)21-5/h7-10,12,14-15,18H,6,11H2,1-5H3. The number of benzene rings is 1. The molecular weight excluding hydrogens is 266 g/mol. The molecule has 0 radical (unpaired) electrons. The Morgan fingerprint density at radius 1 is 1.24 bits per heavy atom. The van der Waals surface area contributed by atoms with Crippen molar-refractivity contribution in [2.24, 2.45) is 5.92 Å². The van der Waals surface area contributed by atoms with Crippen LogP contribution in [0.3, 0.4) is 0 Å². The van der Waals surface area contributed by atoms with E-state index in [4.69, 9.17) is 9.47 Å². The molecular formula is C17H27NO3. The van der Waals surface area contributed by atoms with Gasteiger partial charge in [0.25, 0.3) is 0 Å². The molecule has 2 atom stereocenters. The fraction of sp³-hybridized carbons (Fsp3) is 0.588. The van der Waals surface area contributed by atoms with Crippen LogP contribution < -0.4 is 10.1 Å². The number of esters is 1. The van der Waals surface area contributed by atoms with Crippen LogP contribution in [0.25, 0.3) is 0 Å². The van der Waals surface area contributed by atoms with Crippen LogP contribution in [-0.4, -0.2) is 26.2 Å². The number of methoxy groups -OCH3 is 2. The van der Waals surface area contributed by atoms with Gasteiger partial charge in [-0.25, -0.2) is 0 Å². The summed E-state index contributed by atoms with van der Waals surface area (Å²) in [6, 6.07) is 7.66. The van der Waals surface area contributed by atoms with E-state index in [0.717, 1.165) is 24.2 Å². The molecule has 1 N–H and O–H groups in total. The zero-order valence-corrected chi connectivity index (χ0v) is 13.7. The molecule has 0 aliphatic carbocycles. The van der Waals surface area contributed by atoms with Gasteiger partial charge in [0.05, 0.1) is 14.2 Å².